The van der Waals surface area contributed by atoms with Gasteiger partial charge < -0.3 is 27.9 Å². The van der Waals surface area contributed by atoms with Gasteiger partial charge in [-0.25, -0.2) is 0 Å². The number of allylic oxidation sites excluding steroid dienone is 1. The van der Waals surface area contributed by atoms with E-state index >= 15 is 0 Å². The first-order valence-corrected chi connectivity index (χ1v) is 51.1. The first kappa shape index (κ1) is 102. The molecule has 0 spiro atoms. The zero-order valence-electron chi connectivity index (χ0n) is 79.7. The highest BCUT2D eigenvalue weighted by Crippen LogP contribution is 2.49. The van der Waals surface area contributed by atoms with Crippen LogP contribution in [-0.2, 0) is 27.9 Å². The summed E-state index contributed by atoms with van der Waals surface area (Å²) >= 11 is 17.1. The molecule has 29 heteroatoms. The Labute approximate surface area is 824 Å². The van der Waals surface area contributed by atoms with E-state index in [0.717, 1.165) is 19.5 Å². The molecule has 18 nitrogen and oxygen atoms in total. The molecule has 0 bridgehead atoms. The normalized spacial score (nSPS) is 17.8. The van der Waals surface area contributed by atoms with Crippen LogP contribution in [0.5, 0.6) is 0 Å². The lowest BCUT2D eigenvalue weighted by Crippen LogP contribution is -2.46. The van der Waals surface area contributed by atoms with Crippen molar-refractivity contribution in [1.29, 1.82) is 0 Å². The number of nitrogens with zero attached hydrogens (tertiary/aromatic N) is 4. The molecule has 10 aromatic rings. The first-order valence-electron chi connectivity index (χ1n) is 44.6. The van der Waals surface area contributed by atoms with Crippen molar-refractivity contribution in [2.45, 2.75) is 206 Å². The maximum Gasteiger partial charge on any atom is 0.488 e. The molecular formula is C104H112B3Br2N4O14S6. The van der Waals surface area contributed by atoms with E-state index in [0.29, 0.717) is 92.0 Å². The average Bonchev–Trinajstić information content (AvgIpc) is 1.21. The Morgan fingerprint density at radius 1 is 0.361 bits per heavy atom. The van der Waals surface area contributed by atoms with Crippen molar-refractivity contribution in [3.05, 3.63) is 209 Å². The van der Waals surface area contributed by atoms with Crippen LogP contribution in [0.15, 0.2) is 124 Å². The lowest BCUT2D eigenvalue weighted by atomic mass is 9.79. The Hall–Kier alpha value is -8.85. The lowest BCUT2D eigenvalue weighted by molar-refractivity contribution is 0.00578. The number of halogens is 2. The molecule has 0 N–H and O–H groups in total. The number of amides is 8. The van der Waals surface area contributed by atoms with Crippen molar-refractivity contribution in [1.82, 2.24) is 19.6 Å². The molecule has 3 fully saturated rings. The van der Waals surface area contributed by atoms with Crippen LogP contribution < -0.4 is 0 Å². The number of terminal acetylenes is 2. The largest absolute Gasteiger partial charge is 0.488 e. The summed E-state index contributed by atoms with van der Waals surface area (Å²) in [6.07, 6.45) is 23.0. The van der Waals surface area contributed by atoms with Crippen LogP contribution in [-0.4, -0.2) is 149 Å². The molecule has 0 saturated carbocycles. The van der Waals surface area contributed by atoms with Crippen molar-refractivity contribution < 1.29 is 66.3 Å². The van der Waals surface area contributed by atoms with Gasteiger partial charge in [-0.15, -0.1) is 80.9 Å². The van der Waals surface area contributed by atoms with Gasteiger partial charge in [0, 0.05) is 128 Å². The van der Waals surface area contributed by atoms with Gasteiger partial charge in [-0.05, 0) is 271 Å². The summed E-state index contributed by atoms with van der Waals surface area (Å²) in [5.74, 6) is 6.77. The number of thiophene rings is 6. The van der Waals surface area contributed by atoms with Crippen molar-refractivity contribution in [3.8, 4) is 54.0 Å². The average molecular weight is 2030 g/mol. The minimum absolute atomic E-state index is 0.0619. The van der Waals surface area contributed by atoms with E-state index in [1.807, 2.05) is 145 Å². The number of carbonyl (C=O) groups excluding carboxylic acids is 8. The molecule has 13 heterocycles. The highest BCUT2D eigenvalue weighted by atomic mass is 79.9. The highest BCUT2D eigenvalue weighted by Gasteiger charge is 2.53. The molecule has 4 aromatic carbocycles. The van der Waals surface area contributed by atoms with Gasteiger partial charge in [0.1, 0.15) is 0 Å². The number of carbonyl (C=O) groups is 8. The lowest BCUT2D eigenvalue weighted by Gasteiger charge is -2.35. The number of imide groups is 4. The smallest absolute Gasteiger partial charge is 0.405 e. The van der Waals surface area contributed by atoms with Crippen LogP contribution in [0.1, 0.15) is 295 Å². The topological polar surface area (TPSA) is 205 Å². The molecule has 7 aliphatic rings. The zero-order chi connectivity index (χ0) is 97.1. The van der Waals surface area contributed by atoms with E-state index in [1.54, 1.807) is 92.3 Å². The number of hydrogen-bond acceptors (Lipinski definition) is 20. The van der Waals surface area contributed by atoms with Crippen molar-refractivity contribution in [3.63, 3.8) is 0 Å². The van der Waals surface area contributed by atoms with E-state index in [9.17, 15) is 38.4 Å². The number of benzene rings is 4. The van der Waals surface area contributed by atoms with Gasteiger partial charge in [-0.2, -0.15) is 0 Å². The van der Waals surface area contributed by atoms with Crippen LogP contribution in [0.4, 0.5) is 0 Å². The molecule has 0 atom stereocenters. The van der Waals surface area contributed by atoms with E-state index in [1.165, 1.54) is 66.3 Å². The Morgan fingerprint density at radius 2 is 0.654 bits per heavy atom. The zero-order valence-corrected chi connectivity index (χ0v) is 87.8. The molecule has 3 saturated heterocycles. The van der Waals surface area contributed by atoms with Crippen LogP contribution >= 0.6 is 99.9 Å². The predicted molar refractivity (Wildman–Crippen MR) is 556 cm³/mol. The maximum atomic E-state index is 14.3. The first-order chi connectivity index (χ1) is 62.4. The van der Waals surface area contributed by atoms with Gasteiger partial charge in [0.05, 0.1) is 65.6 Å². The molecule has 691 valence electrons. The van der Waals surface area contributed by atoms with Crippen LogP contribution in [0.25, 0.3) is 81.2 Å². The Kier molecular flexibility index (Phi) is 30.6. The third kappa shape index (κ3) is 21.2. The van der Waals surface area contributed by atoms with E-state index in [-0.39, 0.29) is 115 Å². The van der Waals surface area contributed by atoms with E-state index < -0.39 is 35.4 Å². The minimum Gasteiger partial charge on any atom is -0.405 e. The Bertz CT molecular complexity index is 6230. The highest BCUT2D eigenvalue weighted by molar-refractivity contribution is 9.11. The summed E-state index contributed by atoms with van der Waals surface area (Å²) in [6.45, 7) is 49.6. The van der Waals surface area contributed by atoms with Crippen molar-refractivity contribution in [2.24, 2.45) is 29.6 Å². The quantitative estimate of drug-likeness (QED) is 0.0396. The van der Waals surface area contributed by atoms with E-state index in [4.69, 9.17) is 40.8 Å². The van der Waals surface area contributed by atoms with Crippen molar-refractivity contribution >= 4 is 221 Å². The molecule has 133 heavy (non-hydrogen) atoms. The molecule has 6 aromatic heterocycles. The van der Waals surface area contributed by atoms with E-state index in [2.05, 4.69) is 186 Å². The summed E-state index contributed by atoms with van der Waals surface area (Å²) in [4.78, 5) is 128. The third-order valence-electron chi connectivity index (χ3n) is 24.6. The van der Waals surface area contributed by atoms with Gasteiger partial charge >= 0.3 is 21.9 Å². The fourth-order valence-electron chi connectivity index (χ4n) is 15.7. The fraction of sp³-hybridized carbons (Fsp3) is 0.385. The van der Waals surface area contributed by atoms with Crippen molar-refractivity contribution in [2.75, 3.05) is 26.2 Å². The molecule has 17 rings (SSSR count). The molecule has 0 unspecified atom stereocenters. The van der Waals surface area contributed by atoms with Gasteiger partial charge in [-0.1, -0.05) is 131 Å². The van der Waals surface area contributed by atoms with Crippen LogP contribution in [0.3, 0.4) is 0 Å². The Balaban J connectivity index is 0.000000154. The second-order valence-corrected chi connectivity index (χ2v) is 47.5. The van der Waals surface area contributed by atoms with Gasteiger partial charge in [0.25, 0.3) is 47.3 Å². The molecule has 7 aliphatic heterocycles. The minimum atomic E-state index is -0.419. The monoisotopic (exact) mass is 2020 g/mol. The van der Waals surface area contributed by atoms with Crippen LogP contribution in [0.2, 0.25) is 0 Å². The number of hydrogen-bond donors (Lipinski definition) is 0. The van der Waals surface area contributed by atoms with Gasteiger partial charge in [0.2, 0.25) is 0 Å². The standard InChI is InChI=1S/C40H42N2O4S2.C24H32B2O4S2.C22H20Br2N2O4.C12H6S2.C6H12BO2/c1-21(2)9-11-26-13-15-31(47-26)32-16-14-27(48-32)12-10-25-17-29-35-34-30(38(44)41(19-22(3)4)39(45)33(25)34)18-28(24(7)8)36(35)40(46)42(37(29)43)20-23(5)6;1-21(2)22(3,4)28-25(27-21)15-13-17-9-11-19(31-17)20-12-10-18(32-20)14-16-26-29-23(5,6)24(7,8)30-26;1-9(2)7-25-19(27)11-5-14(24)18-16-12(6-13(23)17(15(11)16)21(25)29)20(28)26(22(18)30)8-10(3)4;1-3-9-5-7-11(13-9)12-8-6-10(4-2)14-12;1-5(2)6(3,4)9-7-8-5/h9-18,21-24H,19-20H2,1-8H3;9-16H,1-8H3;5-6,9-10H,7-8H2,1-4H3;1-2,5-8H;1-4H3/b11-9+,12-10+;15-13+,16-14+;;;. The summed E-state index contributed by atoms with van der Waals surface area (Å²) in [5.41, 5.74) is 2.43. The SMILES string of the molecule is C#Cc1ccc(-c2ccc(C#C)s2)s1.CC(C)/C=C/c1ccc(-c2ccc(/C=C/c3cc4c5c(c(C(C)C)cc6c5c3C(=O)N(CC(C)C)C6=O)C(=O)N(CC(C)C)C4=O)s2)s1.CC(C)CN1C(=O)c2cc(Br)c3c4c(cc(Br)c(c24)C1=O)C(=O)N(CC(C)C)C3=O.CC1(C)OB(/C=C/c2ccc(-c3ccc(/C=C/B4OC(C)(C)C(C)(C)O4)s3)s2)OC1(C)C.CC1(C)O[B]OC1(C)C. The molecule has 1 radical (unpaired) electrons. The van der Waals surface area contributed by atoms with Gasteiger partial charge in [-0.3, -0.25) is 58.0 Å². The second kappa shape index (κ2) is 40.1. The predicted octanol–water partition coefficient (Wildman–Crippen LogP) is 26.3. The van der Waals surface area contributed by atoms with Gasteiger partial charge in [0.15, 0.2) is 0 Å². The summed E-state index contributed by atoms with van der Waals surface area (Å²) in [5, 5.41) is 1.60. The maximum absolute atomic E-state index is 14.3. The summed E-state index contributed by atoms with van der Waals surface area (Å²) in [6, 6.07) is 31.8. The van der Waals surface area contributed by atoms with Crippen LogP contribution in [0, 0.1) is 54.3 Å². The summed E-state index contributed by atoms with van der Waals surface area (Å²) in [7, 11) is 0.776. The number of rotatable bonds is 20. The third-order valence-corrected chi connectivity index (χ3v) is 32.7. The summed E-state index contributed by atoms with van der Waals surface area (Å²) < 4.78 is 35.5. The fourth-order valence-corrected chi connectivity index (χ4v) is 22.5. The molecule has 0 aliphatic carbocycles. The molecular weight excluding hydrogens is 1910 g/mol. The molecule has 8 amide bonds. The Morgan fingerprint density at radius 3 is 0.970 bits per heavy atom. The second-order valence-electron chi connectivity index (χ2n) is 39.1.